The van der Waals surface area contributed by atoms with Crippen LogP contribution in [0.4, 0.5) is 9.59 Å². The van der Waals surface area contributed by atoms with E-state index in [2.05, 4.69) is 8.39 Å². The summed E-state index contributed by atoms with van der Waals surface area (Å²) in [7, 11) is 1.42. The molecule has 3 N–H and O–H groups in total. The third kappa shape index (κ3) is 5.41. The van der Waals surface area contributed by atoms with Crippen LogP contribution < -0.4 is 11.1 Å². The summed E-state index contributed by atoms with van der Waals surface area (Å²) in [6.07, 6.45) is -0.583. The van der Waals surface area contributed by atoms with Gasteiger partial charge in [-0.15, -0.1) is 0 Å². The third-order valence-electron chi connectivity index (χ3n) is 0.448. The number of hydrogen-bond donors (Lipinski definition) is 2. The second-order valence-corrected chi connectivity index (χ2v) is 3.68. The summed E-state index contributed by atoms with van der Waals surface area (Å²) in [6, 6.07) is 0. The Balaban J connectivity index is 3.28. The molecule has 50 valence electrons. The Morgan fingerprint density at radius 2 is 2.22 bits per heavy atom. The molecule has 9 heavy (non-hydrogen) atoms. The average molecular weight is 237 g/mol. The van der Waals surface area contributed by atoms with Crippen LogP contribution in [0.5, 0.6) is 0 Å². The van der Waals surface area contributed by atoms with E-state index in [0.717, 1.165) is 0 Å². The van der Waals surface area contributed by atoms with Crippen molar-refractivity contribution in [1.29, 1.82) is 0 Å². The van der Waals surface area contributed by atoms with E-state index in [1.165, 1.54) is 7.05 Å². The molecule has 0 saturated heterocycles. The van der Waals surface area contributed by atoms with Crippen LogP contribution in [-0.4, -0.2) is 38.6 Å². The van der Waals surface area contributed by atoms with Crippen LogP contribution in [0.2, 0.25) is 0 Å². The van der Waals surface area contributed by atoms with Gasteiger partial charge in [0.1, 0.15) is 0 Å². The van der Waals surface area contributed by atoms with E-state index < -0.39 is 31.6 Å². The number of hydrogen-bond acceptors (Lipinski definition) is 3. The predicted molar refractivity (Wildman–Crippen MR) is 30.9 cm³/mol. The number of nitrogens with two attached hydrogens (primary N) is 1. The fourth-order valence-corrected chi connectivity index (χ4v) is 0.991. The molecule has 0 saturated carbocycles. The van der Waals surface area contributed by atoms with Crippen molar-refractivity contribution in [1.82, 2.24) is 5.32 Å². The Hall–Kier alpha value is -0.461. The van der Waals surface area contributed by atoms with E-state index in [0.29, 0.717) is 0 Å². The predicted octanol–water partition coefficient (Wildman–Crippen LogP) is -0.960. The first-order valence-electron chi connectivity index (χ1n) is 2.11. The topological polar surface area (TPSA) is 81.4 Å². The molecule has 0 aromatic carbocycles. The average Bonchev–Trinajstić information content (AvgIpc) is 1.83. The van der Waals surface area contributed by atoms with Crippen LogP contribution >= 0.6 is 0 Å². The molecular formula is C3H6N2O3Sn. The number of carbonyl (C=O) groups excluding carboxylic acids is 2. The molecule has 0 heterocycles. The van der Waals surface area contributed by atoms with Crippen LogP contribution in [0.15, 0.2) is 0 Å². The van der Waals surface area contributed by atoms with Crippen LogP contribution in [0.3, 0.4) is 0 Å². The van der Waals surface area contributed by atoms with Gasteiger partial charge in [0, 0.05) is 0 Å². The standard InChI is InChI=1S/C2H5NO2.CH2NO.Sn/c1-3-2(4)5;2-1-3;/h3H,1H3,(H,4,5);(H2,2,3);/q;;+1/p-1. The molecule has 0 bridgehead atoms. The van der Waals surface area contributed by atoms with Gasteiger partial charge in [0.2, 0.25) is 0 Å². The molecule has 0 aliphatic carbocycles. The number of primary amides is 1. The fourth-order valence-electron chi connectivity index (χ4n) is 0.148. The van der Waals surface area contributed by atoms with E-state index in [9.17, 15) is 9.59 Å². The molecule has 2 amide bonds. The van der Waals surface area contributed by atoms with E-state index in [4.69, 9.17) is 5.73 Å². The summed E-state index contributed by atoms with van der Waals surface area (Å²) in [5, 5.41) is 2.19. The van der Waals surface area contributed by atoms with Gasteiger partial charge in [0.15, 0.2) is 0 Å². The normalized spacial score (nSPS) is 8.11. The van der Waals surface area contributed by atoms with E-state index in [-0.39, 0.29) is 0 Å². The van der Waals surface area contributed by atoms with E-state index >= 15 is 0 Å². The molecule has 0 unspecified atom stereocenters. The Bertz CT molecular complexity index is 126. The van der Waals surface area contributed by atoms with Crippen molar-refractivity contribution >= 4 is 31.6 Å². The Labute approximate surface area is 62.7 Å². The number of rotatable bonds is 2. The molecule has 0 aliphatic rings. The molecule has 0 fully saturated rings. The van der Waals surface area contributed by atoms with Gasteiger partial charge < -0.3 is 0 Å². The van der Waals surface area contributed by atoms with Crippen molar-refractivity contribution in [2.24, 2.45) is 5.73 Å². The first-order chi connectivity index (χ1) is 4.16. The Kier molecular flexibility index (Phi) is 4.19. The summed E-state index contributed by atoms with van der Waals surface area (Å²) in [5.41, 5.74) is 4.73. The van der Waals surface area contributed by atoms with Gasteiger partial charge in [-0.1, -0.05) is 0 Å². The summed E-state index contributed by atoms with van der Waals surface area (Å²) in [6.45, 7) is 0. The molecule has 5 nitrogen and oxygen atoms in total. The van der Waals surface area contributed by atoms with E-state index in [1.807, 2.05) is 0 Å². The number of carbonyl (C=O) groups is 2. The summed E-state index contributed by atoms with van der Waals surface area (Å²) in [4.78, 5) is 20.2. The second kappa shape index (κ2) is 4.42. The molecule has 2 radical (unpaired) electrons. The van der Waals surface area contributed by atoms with Crippen LogP contribution in [0, 0.1) is 0 Å². The maximum absolute atomic E-state index is 10.2. The van der Waals surface area contributed by atoms with Crippen molar-refractivity contribution in [3.63, 3.8) is 0 Å². The quantitative estimate of drug-likeness (QED) is 0.606. The van der Waals surface area contributed by atoms with Gasteiger partial charge in [-0.25, -0.2) is 0 Å². The molecule has 0 aromatic rings. The van der Waals surface area contributed by atoms with Gasteiger partial charge in [0.25, 0.3) is 0 Å². The molecule has 0 rings (SSSR count). The SMILES string of the molecule is CNC(=O)[O][Sn][C](N)=O. The van der Waals surface area contributed by atoms with Gasteiger partial charge in [-0.3, -0.25) is 0 Å². The van der Waals surface area contributed by atoms with Crippen LogP contribution in [0.1, 0.15) is 0 Å². The number of amides is 2. The van der Waals surface area contributed by atoms with Crippen LogP contribution in [0.25, 0.3) is 0 Å². The summed E-state index contributed by atoms with van der Waals surface area (Å²) in [5.74, 6) is 0. The summed E-state index contributed by atoms with van der Waals surface area (Å²) < 4.78 is 3.90. The van der Waals surface area contributed by atoms with Crippen molar-refractivity contribution in [3.05, 3.63) is 0 Å². The van der Waals surface area contributed by atoms with Crippen molar-refractivity contribution in [2.45, 2.75) is 0 Å². The molecule has 6 heteroatoms. The molecular weight excluding hydrogens is 231 g/mol. The summed E-state index contributed by atoms with van der Waals surface area (Å²) >= 11 is -1.73. The zero-order valence-electron chi connectivity index (χ0n) is 4.80. The maximum atomic E-state index is 10.2. The first kappa shape index (κ1) is 8.54. The molecule has 0 aromatic heterocycles. The minimum atomic E-state index is -1.73. The van der Waals surface area contributed by atoms with Crippen LogP contribution in [-0.2, 0) is 3.07 Å². The van der Waals surface area contributed by atoms with Crippen molar-refractivity contribution in [3.8, 4) is 0 Å². The Morgan fingerprint density at radius 1 is 1.67 bits per heavy atom. The minimum absolute atomic E-state index is 0.498. The first-order valence-corrected chi connectivity index (χ1v) is 4.70. The zero-order chi connectivity index (χ0) is 7.28. The third-order valence-corrected chi connectivity index (χ3v) is 1.84. The van der Waals surface area contributed by atoms with E-state index in [1.54, 1.807) is 0 Å². The van der Waals surface area contributed by atoms with Crippen molar-refractivity contribution in [2.75, 3.05) is 7.05 Å². The monoisotopic (exact) mass is 238 g/mol. The van der Waals surface area contributed by atoms with Gasteiger partial charge in [-0.05, 0) is 0 Å². The fraction of sp³-hybridized carbons (Fsp3) is 0.333. The Morgan fingerprint density at radius 3 is 2.56 bits per heavy atom. The molecule has 0 aliphatic heterocycles. The van der Waals surface area contributed by atoms with Gasteiger partial charge in [-0.2, -0.15) is 0 Å². The van der Waals surface area contributed by atoms with Gasteiger partial charge in [0.05, 0.1) is 0 Å². The number of nitrogens with one attached hydrogen (secondary N) is 1. The van der Waals surface area contributed by atoms with Crippen molar-refractivity contribution < 1.29 is 12.7 Å². The molecule has 0 atom stereocenters. The molecule has 0 spiro atoms. The zero-order valence-corrected chi connectivity index (χ0v) is 7.66. The second-order valence-electron chi connectivity index (χ2n) is 1.11. The van der Waals surface area contributed by atoms with Gasteiger partial charge >= 0.3 is 62.3 Å².